The first kappa shape index (κ1) is 33.4. The number of aromatic nitrogens is 2. The Morgan fingerprint density at radius 2 is 0.854 bits per heavy atom. The molecule has 0 aliphatic carbocycles. The highest BCUT2D eigenvalue weighted by molar-refractivity contribution is 5.98. The zero-order chi connectivity index (χ0) is 34.6. The number of nitriles is 2. The van der Waals surface area contributed by atoms with Crippen LogP contribution < -0.4 is 9.13 Å². The van der Waals surface area contributed by atoms with Crippen LogP contribution in [-0.4, -0.2) is 0 Å². The number of hydrogen-bond donors (Lipinski definition) is 0. The molecule has 0 radical (unpaired) electrons. The third-order valence-electron chi connectivity index (χ3n) is 7.69. The van der Waals surface area contributed by atoms with E-state index in [1.165, 1.54) is 24.3 Å². The van der Waals surface area contributed by atoms with Gasteiger partial charge in [-0.3, -0.25) is 0 Å². The first-order chi connectivity index (χ1) is 22.8. The SMILES string of the molecule is C[n+]1ccc(/C(C#N)=C/c2cc(-c3ccc(C(F)(F)F)cc3)c(/C=C(\C#N)c3cc[n+](C)cc3)cc2-c2ccc(C(F)(F)F)cc2)cc1. The van der Waals surface area contributed by atoms with Crippen molar-refractivity contribution in [3.63, 3.8) is 0 Å². The summed E-state index contributed by atoms with van der Waals surface area (Å²) < 4.78 is 84.3. The van der Waals surface area contributed by atoms with Gasteiger partial charge in [0.1, 0.15) is 14.1 Å². The van der Waals surface area contributed by atoms with E-state index in [-0.39, 0.29) is 11.1 Å². The molecule has 0 saturated heterocycles. The maximum Gasteiger partial charge on any atom is 0.416 e. The number of halogens is 6. The molecule has 0 unspecified atom stereocenters. The lowest BCUT2D eigenvalue weighted by Gasteiger charge is -2.16. The topological polar surface area (TPSA) is 55.3 Å². The van der Waals surface area contributed by atoms with Gasteiger partial charge in [-0.25, -0.2) is 9.13 Å². The minimum Gasteiger partial charge on any atom is -0.208 e. The zero-order valence-corrected chi connectivity index (χ0v) is 25.6. The quantitative estimate of drug-likeness (QED) is 0.105. The lowest BCUT2D eigenvalue weighted by atomic mass is 9.88. The van der Waals surface area contributed by atoms with Crippen molar-refractivity contribution in [2.75, 3.05) is 0 Å². The third kappa shape index (κ3) is 7.51. The fourth-order valence-corrected chi connectivity index (χ4v) is 5.08. The fourth-order valence-electron chi connectivity index (χ4n) is 5.08. The van der Waals surface area contributed by atoms with Gasteiger partial charge in [0.25, 0.3) is 0 Å². The Labute approximate surface area is 273 Å². The van der Waals surface area contributed by atoms with Crippen LogP contribution in [0.4, 0.5) is 26.3 Å². The molecule has 0 spiro atoms. The van der Waals surface area contributed by atoms with E-state index in [0.29, 0.717) is 44.5 Å². The van der Waals surface area contributed by atoms with Gasteiger partial charge in [0.05, 0.1) is 34.4 Å². The van der Waals surface area contributed by atoms with Crippen LogP contribution in [0.5, 0.6) is 0 Å². The largest absolute Gasteiger partial charge is 0.416 e. The maximum absolute atomic E-state index is 13.5. The average molecular weight is 653 g/mol. The molecule has 0 aliphatic rings. The van der Waals surface area contributed by atoms with E-state index in [4.69, 9.17) is 0 Å². The van der Waals surface area contributed by atoms with E-state index >= 15 is 0 Å². The van der Waals surface area contributed by atoms with Crippen molar-refractivity contribution < 1.29 is 35.5 Å². The Balaban J connectivity index is 1.82. The minimum atomic E-state index is -4.56. The molecule has 0 saturated carbocycles. The van der Waals surface area contributed by atoms with Gasteiger partial charge in [-0.1, -0.05) is 24.3 Å². The minimum absolute atomic E-state index is 0.250. The highest BCUT2D eigenvalue weighted by Crippen LogP contribution is 2.39. The Hall–Kier alpha value is -6.00. The normalized spacial score (nSPS) is 12.4. The first-order valence-electron chi connectivity index (χ1n) is 14.4. The molecular formula is C38H26F6N4+2. The van der Waals surface area contributed by atoms with Crippen LogP contribution in [0.2, 0.25) is 0 Å². The average Bonchev–Trinajstić information content (AvgIpc) is 3.06. The first-order valence-corrected chi connectivity index (χ1v) is 14.4. The summed E-state index contributed by atoms with van der Waals surface area (Å²) in [4.78, 5) is 0. The predicted molar refractivity (Wildman–Crippen MR) is 170 cm³/mol. The molecule has 2 aromatic heterocycles. The Kier molecular flexibility index (Phi) is 9.31. The number of aryl methyl sites for hydroxylation is 2. The van der Waals surface area contributed by atoms with Crippen molar-refractivity contribution in [2.24, 2.45) is 14.1 Å². The summed E-state index contributed by atoms with van der Waals surface area (Å²) in [6.45, 7) is 0. The molecule has 0 bridgehead atoms. The number of pyridine rings is 2. The van der Waals surface area contributed by atoms with Gasteiger partial charge in [-0.05, 0) is 81.9 Å². The molecule has 0 atom stereocenters. The Morgan fingerprint density at radius 1 is 0.542 bits per heavy atom. The molecule has 3 aromatic carbocycles. The molecule has 48 heavy (non-hydrogen) atoms. The number of benzene rings is 3. The lowest BCUT2D eigenvalue weighted by molar-refractivity contribution is -0.671. The standard InChI is InChI=1S/C38H26F6N4/c1-47-15-11-25(12-16-47)31(23-45)19-29-21-36(28-5-9-34(10-6-28)38(42,43)44)30(20-32(24-46)26-13-17-48(2)18-14-26)22-35(29)27-3-7-33(8-4-27)37(39,40)41/h3-22H,1-2H3/q+2/b31-19+,32-20+. The second-order valence-electron chi connectivity index (χ2n) is 11.0. The number of allylic oxidation sites excluding steroid dienone is 2. The predicted octanol–water partition coefficient (Wildman–Crippen LogP) is 8.84. The summed E-state index contributed by atoms with van der Waals surface area (Å²) >= 11 is 0. The number of alkyl halides is 6. The molecule has 0 N–H and O–H groups in total. The van der Waals surface area contributed by atoms with E-state index < -0.39 is 23.5 Å². The molecule has 2 heterocycles. The van der Waals surface area contributed by atoms with Crippen LogP contribution in [-0.2, 0) is 26.4 Å². The molecule has 0 aliphatic heterocycles. The van der Waals surface area contributed by atoms with Gasteiger partial charge in [-0.15, -0.1) is 0 Å². The fraction of sp³-hybridized carbons (Fsp3) is 0.105. The van der Waals surface area contributed by atoms with Crippen LogP contribution in [0, 0.1) is 22.7 Å². The molecule has 4 nitrogen and oxygen atoms in total. The van der Waals surface area contributed by atoms with Crippen LogP contribution >= 0.6 is 0 Å². The smallest absolute Gasteiger partial charge is 0.208 e. The summed E-state index contributed by atoms with van der Waals surface area (Å²) in [6, 6.07) is 23.7. The monoisotopic (exact) mass is 652 g/mol. The van der Waals surface area contributed by atoms with Crippen molar-refractivity contribution >= 4 is 23.3 Å². The Bertz CT molecular complexity index is 1940. The summed E-state index contributed by atoms with van der Waals surface area (Å²) in [6.07, 6.45) is 1.08. The van der Waals surface area contributed by atoms with Gasteiger partial charge in [0.2, 0.25) is 0 Å². The van der Waals surface area contributed by atoms with E-state index in [9.17, 15) is 36.9 Å². The molecule has 0 amide bonds. The summed E-state index contributed by atoms with van der Waals surface area (Å²) in [5, 5.41) is 20.3. The van der Waals surface area contributed by atoms with E-state index in [1.807, 2.05) is 14.1 Å². The lowest BCUT2D eigenvalue weighted by Crippen LogP contribution is -2.25. The van der Waals surface area contributed by atoms with Crippen LogP contribution in [0.3, 0.4) is 0 Å². The van der Waals surface area contributed by atoms with Crippen LogP contribution in [0.15, 0.2) is 110 Å². The van der Waals surface area contributed by atoms with Crippen molar-refractivity contribution in [2.45, 2.75) is 12.4 Å². The summed E-state index contributed by atoms with van der Waals surface area (Å²) in [5.41, 5.74) is 2.50. The van der Waals surface area contributed by atoms with Crippen molar-refractivity contribution in [1.82, 2.24) is 0 Å². The van der Waals surface area contributed by atoms with Crippen molar-refractivity contribution in [1.29, 1.82) is 10.5 Å². The van der Waals surface area contributed by atoms with Crippen LogP contribution in [0.1, 0.15) is 33.4 Å². The zero-order valence-electron chi connectivity index (χ0n) is 25.6. The van der Waals surface area contributed by atoms with Gasteiger partial charge < -0.3 is 0 Å². The summed E-state index contributed by atoms with van der Waals surface area (Å²) in [7, 11) is 3.63. The third-order valence-corrected chi connectivity index (χ3v) is 7.69. The number of nitrogens with zero attached hydrogens (tertiary/aromatic N) is 4. The van der Waals surface area contributed by atoms with Gasteiger partial charge >= 0.3 is 12.4 Å². The molecule has 5 rings (SSSR count). The highest BCUT2D eigenvalue weighted by Gasteiger charge is 2.31. The molecular weight excluding hydrogens is 626 g/mol. The van der Waals surface area contributed by atoms with Gasteiger partial charge in [0.15, 0.2) is 24.8 Å². The van der Waals surface area contributed by atoms with E-state index in [2.05, 4.69) is 12.1 Å². The number of hydrogen-bond acceptors (Lipinski definition) is 2. The van der Waals surface area contributed by atoms with E-state index in [0.717, 1.165) is 24.3 Å². The summed E-state index contributed by atoms with van der Waals surface area (Å²) in [5.74, 6) is 0. The number of rotatable bonds is 6. The second kappa shape index (κ2) is 13.4. The maximum atomic E-state index is 13.5. The van der Waals surface area contributed by atoms with Crippen LogP contribution in [0.25, 0.3) is 45.6 Å². The van der Waals surface area contributed by atoms with Gasteiger partial charge in [-0.2, -0.15) is 36.9 Å². The molecule has 238 valence electrons. The van der Waals surface area contributed by atoms with Gasteiger partial charge in [0, 0.05) is 35.4 Å². The van der Waals surface area contributed by atoms with Crippen molar-refractivity contribution in [3.8, 4) is 34.4 Å². The molecule has 5 aromatic rings. The van der Waals surface area contributed by atoms with Crippen molar-refractivity contribution in [3.05, 3.63) is 143 Å². The second-order valence-corrected chi connectivity index (χ2v) is 11.0. The highest BCUT2D eigenvalue weighted by atomic mass is 19.4. The Morgan fingerprint density at radius 3 is 1.12 bits per heavy atom. The molecule has 10 heteroatoms. The molecule has 0 fully saturated rings. The van der Waals surface area contributed by atoms with E-state index in [1.54, 1.807) is 82.5 Å².